The van der Waals surface area contributed by atoms with Gasteiger partial charge in [-0.1, -0.05) is 36.4 Å². The van der Waals surface area contributed by atoms with Gasteiger partial charge in [0.15, 0.2) is 11.8 Å². The van der Waals surface area contributed by atoms with E-state index in [1.54, 1.807) is 9.59 Å². The molecule has 1 aliphatic heterocycles. The molecule has 134 valence electrons. The van der Waals surface area contributed by atoms with E-state index in [4.69, 9.17) is 4.74 Å². The van der Waals surface area contributed by atoms with E-state index in [1.807, 2.05) is 60.7 Å². The Morgan fingerprint density at radius 2 is 1.62 bits per heavy atom. The molecule has 0 unspecified atom stereocenters. The van der Waals surface area contributed by atoms with Gasteiger partial charge in [-0.25, -0.2) is 0 Å². The predicted molar refractivity (Wildman–Crippen MR) is 89.6 cm³/mol. The molecule has 0 aliphatic carbocycles. The Morgan fingerprint density at radius 3 is 2.23 bits per heavy atom. The summed E-state index contributed by atoms with van der Waals surface area (Å²) >= 11 is 0. The first-order valence-electron chi connectivity index (χ1n) is 8.32. The summed E-state index contributed by atoms with van der Waals surface area (Å²) in [6.07, 6.45) is -4.22. The van der Waals surface area contributed by atoms with Gasteiger partial charge in [0.1, 0.15) is 24.0 Å². The standard InChI is InChI=1S/C18H19N4O4/c23-11-14-15(24)16(25)17(26-14)18-19-21(12-7-3-1-4-8-12)22(20-18)13-9-5-2-6-10-13/h1-10,14-17,23-25H,11H2/q+1/t14-,15+,16+,17+/m0/s1. The summed E-state index contributed by atoms with van der Waals surface area (Å²) in [6.45, 7) is -0.396. The molecule has 3 aromatic rings. The second-order valence-electron chi connectivity index (χ2n) is 6.07. The second kappa shape index (κ2) is 6.93. The van der Waals surface area contributed by atoms with Crippen molar-refractivity contribution in [2.75, 3.05) is 6.61 Å². The number of hydrogen-bond donors (Lipinski definition) is 3. The Balaban J connectivity index is 1.80. The molecule has 2 heterocycles. The number of ether oxygens (including phenoxy) is 1. The van der Waals surface area contributed by atoms with Gasteiger partial charge in [-0.05, 0) is 34.2 Å². The molecule has 1 aromatic heterocycles. The van der Waals surface area contributed by atoms with Crippen molar-refractivity contribution >= 4 is 0 Å². The van der Waals surface area contributed by atoms with Crippen molar-refractivity contribution in [1.29, 1.82) is 0 Å². The fourth-order valence-corrected chi connectivity index (χ4v) is 2.98. The van der Waals surface area contributed by atoms with Crippen molar-refractivity contribution in [2.45, 2.75) is 24.4 Å². The van der Waals surface area contributed by atoms with Crippen molar-refractivity contribution in [1.82, 2.24) is 15.0 Å². The minimum absolute atomic E-state index is 0.222. The molecule has 0 spiro atoms. The maximum Gasteiger partial charge on any atom is 0.340 e. The molecule has 8 heteroatoms. The van der Waals surface area contributed by atoms with Crippen LogP contribution in [0.2, 0.25) is 0 Å². The first-order valence-corrected chi connectivity index (χ1v) is 8.32. The molecule has 4 rings (SSSR count). The maximum absolute atomic E-state index is 10.3. The van der Waals surface area contributed by atoms with Gasteiger partial charge in [-0.15, -0.1) is 0 Å². The van der Waals surface area contributed by atoms with E-state index >= 15 is 0 Å². The molecule has 1 aliphatic rings. The zero-order chi connectivity index (χ0) is 18.1. The number of aliphatic hydroxyl groups is 3. The number of aliphatic hydroxyl groups excluding tert-OH is 3. The highest BCUT2D eigenvalue weighted by Gasteiger charge is 2.48. The van der Waals surface area contributed by atoms with Gasteiger partial charge in [-0.3, -0.25) is 0 Å². The molecule has 3 N–H and O–H groups in total. The number of aromatic nitrogens is 4. The lowest BCUT2D eigenvalue weighted by Crippen LogP contribution is -2.43. The summed E-state index contributed by atoms with van der Waals surface area (Å²) in [5.41, 5.74) is 1.56. The molecule has 0 saturated carbocycles. The van der Waals surface area contributed by atoms with E-state index in [9.17, 15) is 15.3 Å². The zero-order valence-electron chi connectivity index (χ0n) is 13.8. The van der Waals surface area contributed by atoms with Crippen molar-refractivity contribution < 1.29 is 24.9 Å². The van der Waals surface area contributed by atoms with E-state index in [1.165, 1.54) is 0 Å². The third-order valence-electron chi connectivity index (χ3n) is 4.34. The van der Waals surface area contributed by atoms with Crippen LogP contribution < -0.4 is 4.80 Å². The van der Waals surface area contributed by atoms with Gasteiger partial charge in [0.25, 0.3) is 0 Å². The summed E-state index contributed by atoms with van der Waals surface area (Å²) in [6, 6.07) is 18.9. The zero-order valence-corrected chi connectivity index (χ0v) is 13.8. The highest BCUT2D eigenvalue weighted by atomic mass is 16.6. The lowest BCUT2D eigenvalue weighted by molar-refractivity contribution is -0.735. The normalized spacial score (nSPS) is 25.5. The van der Waals surface area contributed by atoms with Crippen molar-refractivity contribution in [3.05, 3.63) is 66.5 Å². The lowest BCUT2D eigenvalue weighted by Gasteiger charge is -2.10. The maximum atomic E-state index is 10.3. The van der Waals surface area contributed by atoms with Crippen LogP contribution in [-0.2, 0) is 4.74 Å². The molecule has 8 nitrogen and oxygen atoms in total. The third-order valence-corrected chi connectivity index (χ3v) is 4.34. The summed E-state index contributed by atoms with van der Waals surface area (Å²) in [7, 11) is 0. The van der Waals surface area contributed by atoms with Gasteiger partial charge in [-0.2, -0.15) is 0 Å². The van der Waals surface area contributed by atoms with E-state index in [0.717, 1.165) is 11.4 Å². The van der Waals surface area contributed by atoms with Crippen LogP contribution in [0, 0.1) is 0 Å². The summed E-state index contributed by atoms with van der Waals surface area (Å²) < 4.78 is 5.56. The fraction of sp³-hybridized carbons (Fsp3) is 0.278. The minimum atomic E-state index is -1.22. The van der Waals surface area contributed by atoms with Crippen LogP contribution in [-0.4, -0.2) is 55.2 Å². The number of nitrogens with zero attached hydrogens (tertiary/aromatic N) is 4. The molecular weight excluding hydrogens is 336 g/mol. The second-order valence-corrected chi connectivity index (χ2v) is 6.07. The van der Waals surface area contributed by atoms with E-state index < -0.39 is 31.0 Å². The highest BCUT2D eigenvalue weighted by Crippen LogP contribution is 2.31. The van der Waals surface area contributed by atoms with Gasteiger partial charge in [0.2, 0.25) is 0 Å². The van der Waals surface area contributed by atoms with Crippen molar-refractivity contribution in [3.63, 3.8) is 0 Å². The molecule has 26 heavy (non-hydrogen) atoms. The Labute approximate surface area is 149 Å². The highest BCUT2D eigenvalue weighted by molar-refractivity contribution is 5.28. The van der Waals surface area contributed by atoms with Crippen LogP contribution >= 0.6 is 0 Å². The Morgan fingerprint density at radius 1 is 0.962 bits per heavy atom. The topological polar surface area (TPSA) is 105 Å². The molecule has 0 radical (unpaired) electrons. The number of tetrazole rings is 1. The average molecular weight is 355 g/mol. The molecule has 1 saturated heterocycles. The van der Waals surface area contributed by atoms with E-state index in [2.05, 4.69) is 10.2 Å². The number of hydrogen-bond acceptors (Lipinski definition) is 6. The van der Waals surface area contributed by atoms with E-state index in [-0.39, 0.29) is 5.82 Å². The lowest BCUT2D eigenvalue weighted by atomic mass is 10.1. The average Bonchev–Trinajstić information content (AvgIpc) is 3.25. The molecule has 2 aromatic carbocycles. The molecular formula is C18H19N4O4+. The largest absolute Gasteiger partial charge is 0.394 e. The molecule has 0 bridgehead atoms. The Kier molecular flexibility index (Phi) is 4.48. The first kappa shape index (κ1) is 16.8. The summed E-state index contributed by atoms with van der Waals surface area (Å²) in [4.78, 5) is 3.19. The fourth-order valence-electron chi connectivity index (χ4n) is 2.98. The predicted octanol–water partition coefficient (Wildman–Crippen LogP) is -0.302. The monoisotopic (exact) mass is 355 g/mol. The van der Waals surface area contributed by atoms with Crippen LogP contribution in [0.25, 0.3) is 11.4 Å². The van der Waals surface area contributed by atoms with Crippen LogP contribution in [0.5, 0.6) is 0 Å². The van der Waals surface area contributed by atoms with Gasteiger partial charge in [0, 0.05) is 4.80 Å². The SMILES string of the molecule is OC[C@@H]1O[C@@H](c2nn(-c3ccccc3)[n+](-c3ccccc3)n2)[C@H](O)[C@@H]1O. The van der Waals surface area contributed by atoms with Crippen molar-refractivity contribution in [2.24, 2.45) is 0 Å². The van der Waals surface area contributed by atoms with Gasteiger partial charge >= 0.3 is 5.82 Å². The van der Waals surface area contributed by atoms with Crippen LogP contribution in [0.3, 0.4) is 0 Å². The summed E-state index contributed by atoms with van der Waals surface area (Å²) in [5.74, 6) is 0.222. The molecule has 1 fully saturated rings. The summed E-state index contributed by atoms with van der Waals surface area (Å²) in [5, 5.41) is 38.5. The van der Waals surface area contributed by atoms with Crippen LogP contribution in [0.1, 0.15) is 11.9 Å². The van der Waals surface area contributed by atoms with Crippen LogP contribution in [0.15, 0.2) is 60.7 Å². The molecule has 4 atom stereocenters. The minimum Gasteiger partial charge on any atom is -0.394 e. The van der Waals surface area contributed by atoms with Gasteiger partial charge < -0.3 is 20.1 Å². The van der Waals surface area contributed by atoms with Crippen LogP contribution in [0.4, 0.5) is 0 Å². The molecule has 0 amide bonds. The quantitative estimate of drug-likeness (QED) is 0.555. The number of para-hydroxylation sites is 2. The number of benzene rings is 2. The third kappa shape index (κ3) is 2.89. The van der Waals surface area contributed by atoms with E-state index in [0.29, 0.717) is 0 Å². The van der Waals surface area contributed by atoms with Crippen molar-refractivity contribution in [3.8, 4) is 11.4 Å². The Hall–Kier alpha value is -2.65. The smallest absolute Gasteiger partial charge is 0.340 e. The van der Waals surface area contributed by atoms with Gasteiger partial charge in [0.05, 0.1) is 11.7 Å². The number of rotatable bonds is 4. The first-order chi connectivity index (χ1) is 12.7. The Bertz CT molecular complexity index is 814.